The van der Waals surface area contributed by atoms with Crippen molar-refractivity contribution in [3.8, 4) is 0 Å². The molecule has 0 radical (unpaired) electrons. The predicted molar refractivity (Wildman–Crippen MR) is 43.9 cm³/mol. The molecular formula is C7H17N3O. The number of aliphatic hydroxyl groups excluding tert-OH is 1. The van der Waals surface area contributed by atoms with Crippen LogP contribution < -0.4 is 5.32 Å². The van der Waals surface area contributed by atoms with E-state index in [1.807, 2.05) is 0 Å². The molecule has 0 atom stereocenters. The minimum atomic E-state index is 0.249. The monoisotopic (exact) mass is 159 g/mol. The number of rotatable bonds is 3. The number of β-amino-alcohol motifs (C(OH)–C–C–N with tert-alkyl or cyclic N) is 1. The first-order valence-electron chi connectivity index (χ1n) is 4.13. The van der Waals surface area contributed by atoms with Gasteiger partial charge in [-0.1, -0.05) is 6.92 Å². The molecule has 0 aromatic heterocycles. The van der Waals surface area contributed by atoms with E-state index in [0.717, 1.165) is 33.1 Å². The van der Waals surface area contributed by atoms with Crippen LogP contribution in [0, 0.1) is 0 Å². The highest BCUT2D eigenvalue weighted by Crippen LogP contribution is 1.96. The van der Waals surface area contributed by atoms with E-state index >= 15 is 0 Å². The normalized spacial score (nSPS) is 22.4. The van der Waals surface area contributed by atoms with Crippen LogP contribution in [0.4, 0.5) is 0 Å². The third kappa shape index (κ3) is 2.75. The van der Waals surface area contributed by atoms with Crippen LogP contribution in [0.1, 0.15) is 6.92 Å². The first-order chi connectivity index (χ1) is 5.36. The molecular weight excluding hydrogens is 142 g/mol. The van der Waals surface area contributed by atoms with Gasteiger partial charge < -0.3 is 5.11 Å². The molecule has 0 spiro atoms. The largest absolute Gasteiger partial charge is 0.395 e. The summed E-state index contributed by atoms with van der Waals surface area (Å²) in [5.41, 5.74) is 0. The van der Waals surface area contributed by atoms with Crippen LogP contribution >= 0.6 is 0 Å². The molecule has 0 amide bonds. The van der Waals surface area contributed by atoms with Crippen LogP contribution in [0.15, 0.2) is 0 Å². The van der Waals surface area contributed by atoms with Gasteiger partial charge in [-0.3, -0.25) is 15.1 Å². The fourth-order valence-corrected chi connectivity index (χ4v) is 1.25. The predicted octanol–water partition coefficient (Wildman–Crippen LogP) is -0.922. The molecule has 1 aliphatic rings. The van der Waals surface area contributed by atoms with E-state index in [1.54, 1.807) is 0 Å². The highest BCUT2D eigenvalue weighted by Gasteiger charge is 2.13. The van der Waals surface area contributed by atoms with Gasteiger partial charge >= 0.3 is 0 Å². The van der Waals surface area contributed by atoms with Crippen LogP contribution in [-0.2, 0) is 0 Å². The first-order valence-corrected chi connectivity index (χ1v) is 4.13. The third-order valence-electron chi connectivity index (χ3n) is 1.93. The molecule has 0 saturated carbocycles. The fraction of sp³-hybridized carbons (Fsp3) is 1.00. The number of nitrogens with zero attached hydrogens (tertiary/aromatic N) is 2. The lowest BCUT2D eigenvalue weighted by Crippen LogP contribution is -2.53. The van der Waals surface area contributed by atoms with E-state index in [-0.39, 0.29) is 6.61 Å². The Bertz CT molecular complexity index is 108. The summed E-state index contributed by atoms with van der Waals surface area (Å²) in [5, 5.41) is 12.0. The van der Waals surface area contributed by atoms with Crippen LogP contribution in [0.25, 0.3) is 0 Å². The minimum absolute atomic E-state index is 0.249. The van der Waals surface area contributed by atoms with E-state index in [9.17, 15) is 0 Å². The Morgan fingerprint density at radius 1 is 1.36 bits per heavy atom. The number of hydrogen-bond acceptors (Lipinski definition) is 4. The van der Waals surface area contributed by atoms with Crippen molar-refractivity contribution in [2.45, 2.75) is 6.92 Å². The van der Waals surface area contributed by atoms with Gasteiger partial charge in [-0.15, -0.1) is 0 Å². The standard InChI is InChI=1S/C7H17N3O/c1-2-9-5-8-6-10(7-9)3-4-11/h8,11H,2-7H2,1H3. The molecule has 0 unspecified atom stereocenters. The molecule has 66 valence electrons. The zero-order chi connectivity index (χ0) is 8.10. The second-order valence-electron chi connectivity index (χ2n) is 2.81. The maximum absolute atomic E-state index is 8.69. The van der Waals surface area contributed by atoms with Crippen molar-refractivity contribution in [2.75, 3.05) is 39.7 Å². The summed E-state index contributed by atoms with van der Waals surface area (Å²) in [6.45, 7) is 7.07. The lowest BCUT2D eigenvalue weighted by atomic mass is 10.5. The lowest BCUT2D eigenvalue weighted by molar-refractivity contribution is 0.0564. The summed E-state index contributed by atoms with van der Waals surface area (Å²) in [5.74, 6) is 0. The Labute approximate surface area is 67.8 Å². The van der Waals surface area contributed by atoms with Gasteiger partial charge in [0.05, 0.1) is 26.6 Å². The molecule has 0 aromatic carbocycles. The van der Waals surface area contributed by atoms with Crippen LogP contribution in [0.3, 0.4) is 0 Å². The van der Waals surface area contributed by atoms with Gasteiger partial charge in [0.25, 0.3) is 0 Å². The van der Waals surface area contributed by atoms with Gasteiger partial charge in [0.2, 0.25) is 0 Å². The molecule has 4 heteroatoms. The Balaban J connectivity index is 2.21. The van der Waals surface area contributed by atoms with Gasteiger partial charge in [-0.25, -0.2) is 0 Å². The molecule has 1 rings (SSSR count). The van der Waals surface area contributed by atoms with Gasteiger partial charge in [-0.05, 0) is 6.54 Å². The van der Waals surface area contributed by atoms with Crippen LogP contribution in [-0.4, -0.2) is 54.6 Å². The Morgan fingerprint density at radius 2 is 2.09 bits per heavy atom. The average Bonchev–Trinajstić information content (AvgIpc) is 2.06. The van der Waals surface area contributed by atoms with Crippen LogP contribution in [0.2, 0.25) is 0 Å². The highest BCUT2D eigenvalue weighted by atomic mass is 16.3. The van der Waals surface area contributed by atoms with Crippen molar-refractivity contribution in [1.29, 1.82) is 0 Å². The Kier molecular flexibility index (Phi) is 3.79. The SMILES string of the molecule is CCN1CNCN(CCO)C1. The van der Waals surface area contributed by atoms with E-state index in [2.05, 4.69) is 22.0 Å². The van der Waals surface area contributed by atoms with E-state index in [1.165, 1.54) is 0 Å². The maximum Gasteiger partial charge on any atom is 0.0559 e. The Hall–Kier alpha value is -0.160. The molecule has 1 heterocycles. The zero-order valence-corrected chi connectivity index (χ0v) is 7.08. The minimum Gasteiger partial charge on any atom is -0.395 e. The summed E-state index contributed by atoms with van der Waals surface area (Å²) in [6.07, 6.45) is 0. The average molecular weight is 159 g/mol. The molecule has 0 bridgehead atoms. The molecule has 1 fully saturated rings. The van der Waals surface area contributed by atoms with Crippen molar-refractivity contribution in [2.24, 2.45) is 0 Å². The highest BCUT2D eigenvalue weighted by molar-refractivity contribution is 4.63. The fourth-order valence-electron chi connectivity index (χ4n) is 1.25. The lowest BCUT2D eigenvalue weighted by Gasteiger charge is -2.35. The molecule has 0 aromatic rings. The number of nitrogens with one attached hydrogen (secondary N) is 1. The molecule has 0 aliphatic carbocycles. The zero-order valence-electron chi connectivity index (χ0n) is 7.08. The van der Waals surface area contributed by atoms with Crippen LogP contribution in [0.5, 0.6) is 0 Å². The summed E-state index contributed by atoms with van der Waals surface area (Å²) in [4.78, 5) is 4.48. The number of hydrogen-bond donors (Lipinski definition) is 2. The summed E-state index contributed by atoms with van der Waals surface area (Å²) >= 11 is 0. The van der Waals surface area contributed by atoms with Crippen molar-refractivity contribution in [1.82, 2.24) is 15.1 Å². The molecule has 2 N–H and O–H groups in total. The van der Waals surface area contributed by atoms with Crippen molar-refractivity contribution in [3.63, 3.8) is 0 Å². The summed E-state index contributed by atoms with van der Waals surface area (Å²) in [7, 11) is 0. The summed E-state index contributed by atoms with van der Waals surface area (Å²) in [6, 6.07) is 0. The van der Waals surface area contributed by atoms with E-state index < -0.39 is 0 Å². The van der Waals surface area contributed by atoms with Crippen molar-refractivity contribution >= 4 is 0 Å². The van der Waals surface area contributed by atoms with Gasteiger partial charge in [0.15, 0.2) is 0 Å². The molecule has 1 saturated heterocycles. The maximum atomic E-state index is 8.69. The molecule has 1 aliphatic heterocycles. The topological polar surface area (TPSA) is 38.7 Å². The molecule has 11 heavy (non-hydrogen) atoms. The first kappa shape index (κ1) is 8.93. The van der Waals surface area contributed by atoms with Gasteiger partial charge in [-0.2, -0.15) is 0 Å². The second kappa shape index (κ2) is 4.66. The van der Waals surface area contributed by atoms with Gasteiger partial charge in [0, 0.05) is 6.54 Å². The second-order valence-corrected chi connectivity index (χ2v) is 2.81. The number of aliphatic hydroxyl groups is 1. The quantitative estimate of drug-likeness (QED) is 0.558. The smallest absolute Gasteiger partial charge is 0.0559 e. The Morgan fingerprint density at radius 3 is 2.73 bits per heavy atom. The molecule has 4 nitrogen and oxygen atoms in total. The van der Waals surface area contributed by atoms with Crippen molar-refractivity contribution < 1.29 is 5.11 Å². The van der Waals surface area contributed by atoms with Crippen molar-refractivity contribution in [3.05, 3.63) is 0 Å². The summed E-state index contributed by atoms with van der Waals surface area (Å²) < 4.78 is 0. The van der Waals surface area contributed by atoms with E-state index in [4.69, 9.17) is 5.11 Å². The van der Waals surface area contributed by atoms with Gasteiger partial charge in [0.1, 0.15) is 0 Å². The third-order valence-corrected chi connectivity index (χ3v) is 1.93. The van der Waals surface area contributed by atoms with E-state index in [0.29, 0.717) is 0 Å².